The number of hydrogen-bond donors (Lipinski definition) is 10. The van der Waals surface area contributed by atoms with Crippen molar-refractivity contribution in [2.45, 2.75) is 11.3 Å². The molecule has 0 spiro atoms. The lowest BCUT2D eigenvalue weighted by molar-refractivity contribution is -0.126. The number of imide groups is 2. The molecule has 0 radical (unpaired) electrons. The van der Waals surface area contributed by atoms with Gasteiger partial charge in [0.2, 0.25) is 5.66 Å². The van der Waals surface area contributed by atoms with Gasteiger partial charge in [-0.2, -0.15) is 0 Å². The van der Waals surface area contributed by atoms with E-state index in [9.17, 15) is 39.0 Å². The molecule has 2 unspecified atom stereocenters. The monoisotopic (exact) mass is 414 g/mol. The van der Waals surface area contributed by atoms with Crippen LogP contribution < -0.4 is 42.5 Å². The van der Waals surface area contributed by atoms with E-state index >= 15 is 0 Å². The molecule has 18 heteroatoms. The third-order valence-corrected chi connectivity index (χ3v) is 3.60. The summed E-state index contributed by atoms with van der Waals surface area (Å²) in [6, 6.07) is -4.37. The van der Waals surface area contributed by atoms with E-state index in [1.54, 1.807) is 5.32 Å². The highest BCUT2D eigenvalue weighted by molar-refractivity contribution is 6.19. The Bertz CT molecular complexity index is 853. The number of carbonyl (C=O) groups excluding carboxylic acids is 6. The smallest absolute Gasteiger partial charge is 0.448 e. The van der Waals surface area contributed by atoms with Crippen LogP contribution in [-0.2, 0) is 9.59 Å². The molecule has 0 aromatic carbocycles. The number of nitrogens with zero attached hydrogens (tertiary/aromatic N) is 2. The van der Waals surface area contributed by atoms with Gasteiger partial charge in [-0.3, -0.25) is 30.9 Å². The quantitative estimate of drug-likeness (QED) is 0.0499. The average molecular weight is 414 g/mol. The van der Waals surface area contributed by atoms with Crippen molar-refractivity contribution in [3.8, 4) is 0 Å². The lowest BCUT2D eigenvalue weighted by atomic mass is 10.1. The largest absolute Gasteiger partial charge is 0.504 e. The zero-order valence-electron chi connectivity index (χ0n) is 14.2. The fourth-order valence-electron chi connectivity index (χ4n) is 2.22. The van der Waals surface area contributed by atoms with Crippen molar-refractivity contribution in [3.63, 3.8) is 0 Å². The molecule has 2 fully saturated rings. The van der Waals surface area contributed by atoms with E-state index in [2.05, 4.69) is 4.79 Å². The molecule has 0 aromatic rings. The normalized spacial score (nSPS) is 25.0. The minimum absolute atomic E-state index is 0.628. The predicted octanol–water partition coefficient (Wildman–Crippen LogP) is -5.21. The molecular formula is C11H14N10O8. The Morgan fingerprint density at radius 2 is 1.52 bits per heavy atom. The highest BCUT2D eigenvalue weighted by Gasteiger charge is 2.58. The summed E-state index contributed by atoms with van der Waals surface area (Å²) in [5, 5.41) is 34.0. The van der Waals surface area contributed by atoms with Crippen LogP contribution in [0.25, 0.3) is 5.53 Å². The lowest BCUT2D eigenvalue weighted by Gasteiger charge is -2.25. The van der Waals surface area contributed by atoms with Crippen molar-refractivity contribution in [1.29, 1.82) is 0 Å². The Morgan fingerprint density at radius 1 is 0.966 bits per heavy atom. The molecule has 29 heavy (non-hydrogen) atoms. The number of aliphatic hydroxyl groups excluding tert-OH is 2. The highest BCUT2D eigenvalue weighted by atomic mass is 16.3. The van der Waals surface area contributed by atoms with Crippen LogP contribution in [0.15, 0.2) is 0 Å². The minimum Gasteiger partial charge on any atom is -0.448 e. The van der Waals surface area contributed by atoms with E-state index in [1.807, 2.05) is 37.2 Å². The van der Waals surface area contributed by atoms with E-state index < -0.39 is 66.4 Å². The summed E-state index contributed by atoms with van der Waals surface area (Å²) < 4.78 is 0. The molecule has 0 aromatic heterocycles. The first kappa shape index (κ1) is 20.9. The second kappa shape index (κ2) is 7.66. The van der Waals surface area contributed by atoms with Crippen LogP contribution in [0.4, 0.5) is 19.2 Å². The first-order valence-corrected chi connectivity index (χ1v) is 7.50. The second-order valence-corrected chi connectivity index (χ2v) is 5.49. The summed E-state index contributed by atoms with van der Waals surface area (Å²) in [7, 11) is 0. The highest BCUT2D eigenvalue weighted by Crippen LogP contribution is 2.07. The molecule has 0 bridgehead atoms. The molecule has 2 rings (SSSR count). The zero-order chi connectivity index (χ0) is 21.8. The standard InChI is InChI=1S/C11H14N10O8/c12-21-5(25)11(4(24)16-9(29)20-11)19-7(27)14-2-13-6(26)17-10(1-22)3(23)15-8(28)18-10/h22,25H,1-2H2,(H2,13,17,26)(H2,14,19,27)(H2,15,18,23,28)(H2,16,20,24,29). The van der Waals surface area contributed by atoms with Crippen molar-refractivity contribution in [2.24, 2.45) is 0 Å². The van der Waals surface area contributed by atoms with Gasteiger partial charge in [-0.25, -0.2) is 19.2 Å². The number of hydrogen-bond acceptors (Lipinski definition) is 7. The number of rotatable bonds is 6. The summed E-state index contributed by atoms with van der Waals surface area (Å²) in [5.74, 6) is -3.63. The first-order chi connectivity index (χ1) is 13.6. The Labute approximate surface area is 159 Å². The Balaban J connectivity index is 1.91. The first-order valence-electron chi connectivity index (χ1n) is 7.50. The summed E-state index contributed by atoms with van der Waals surface area (Å²) in [5.41, 5.74) is 3.94. The third kappa shape index (κ3) is 3.96. The van der Waals surface area contributed by atoms with Gasteiger partial charge in [-0.1, -0.05) is 0 Å². The summed E-state index contributed by atoms with van der Waals surface area (Å²) >= 11 is 0. The molecule has 2 saturated heterocycles. The number of amides is 10. The topological polar surface area (TPSA) is 276 Å². The Hall–Kier alpha value is -4.44. The van der Waals surface area contributed by atoms with Gasteiger partial charge in [0, 0.05) is 0 Å². The van der Waals surface area contributed by atoms with Gasteiger partial charge in [-0.05, 0) is 0 Å². The molecule has 2 heterocycles. The molecular weight excluding hydrogens is 400 g/mol. The molecule has 0 saturated carbocycles. The van der Waals surface area contributed by atoms with Crippen molar-refractivity contribution in [1.82, 2.24) is 42.5 Å². The molecule has 18 nitrogen and oxygen atoms in total. The third-order valence-electron chi connectivity index (χ3n) is 3.60. The second-order valence-electron chi connectivity index (χ2n) is 5.49. The van der Waals surface area contributed by atoms with E-state index in [1.165, 1.54) is 0 Å². The van der Waals surface area contributed by atoms with E-state index in [0.717, 1.165) is 0 Å². The van der Waals surface area contributed by atoms with Crippen LogP contribution in [0.2, 0.25) is 0 Å². The van der Waals surface area contributed by atoms with Crippen LogP contribution >= 0.6 is 0 Å². The molecule has 2 atom stereocenters. The van der Waals surface area contributed by atoms with E-state index in [-0.39, 0.29) is 0 Å². The number of urea groups is 4. The number of nitrogens with one attached hydrogen (secondary N) is 8. The van der Waals surface area contributed by atoms with Gasteiger partial charge < -0.3 is 37.0 Å². The number of aliphatic hydroxyl groups is 2. The zero-order valence-corrected chi connectivity index (χ0v) is 14.2. The summed E-state index contributed by atoms with van der Waals surface area (Å²) in [6.45, 7) is -1.60. The predicted molar refractivity (Wildman–Crippen MR) is 85.4 cm³/mol. The SMILES string of the molecule is [N-]=[N+]=C(O)C1(NC(=O)NCNC(=O)NC2(CO)NC(=O)NC2=O)NC(=O)NC1=O. The lowest BCUT2D eigenvalue weighted by Crippen LogP contribution is -2.68. The van der Waals surface area contributed by atoms with Crippen molar-refractivity contribution < 1.29 is 43.8 Å². The molecule has 10 N–H and O–H groups in total. The maximum atomic E-state index is 11.9. The van der Waals surface area contributed by atoms with Gasteiger partial charge in [0.25, 0.3) is 11.8 Å². The molecule has 2 aliphatic rings. The number of carbonyl (C=O) groups is 6. The van der Waals surface area contributed by atoms with E-state index in [0.29, 0.717) is 0 Å². The van der Waals surface area contributed by atoms with Gasteiger partial charge in [0.05, 0.1) is 13.3 Å². The molecule has 0 aliphatic carbocycles. The fourth-order valence-corrected chi connectivity index (χ4v) is 2.22. The maximum absolute atomic E-state index is 11.9. The van der Waals surface area contributed by atoms with Crippen molar-refractivity contribution in [3.05, 3.63) is 5.53 Å². The summed E-state index contributed by atoms with van der Waals surface area (Å²) in [6.07, 6.45) is 0. The van der Waals surface area contributed by atoms with Crippen LogP contribution in [0, 0.1) is 0 Å². The van der Waals surface area contributed by atoms with E-state index in [4.69, 9.17) is 5.53 Å². The Morgan fingerprint density at radius 3 is 1.97 bits per heavy atom. The van der Waals surface area contributed by atoms with Crippen molar-refractivity contribution in [2.75, 3.05) is 13.3 Å². The summed E-state index contributed by atoms with van der Waals surface area (Å²) in [4.78, 5) is 71.8. The fraction of sp³-hybridized carbons (Fsp3) is 0.364. The Kier molecular flexibility index (Phi) is 5.51. The van der Waals surface area contributed by atoms with Gasteiger partial charge in [-0.15, -0.1) is 4.79 Å². The van der Waals surface area contributed by atoms with Crippen LogP contribution in [-0.4, -0.2) is 81.4 Å². The van der Waals surface area contributed by atoms with Crippen molar-refractivity contribution >= 4 is 41.8 Å². The van der Waals surface area contributed by atoms with Gasteiger partial charge in [0.15, 0.2) is 0 Å². The molecule has 156 valence electrons. The maximum Gasteiger partial charge on any atom is 0.504 e. The van der Waals surface area contributed by atoms with Gasteiger partial charge in [0.1, 0.15) is 0 Å². The van der Waals surface area contributed by atoms with Crippen LogP contribution in [0.1, 0.15) is 0 Å². The molecule has 2 aliphatic heterocycles. The van der Waals surface area contributed by atoms with Crippen LogP contribution in [0.3, 0.4) is 0 Å². The molecule has 10 amide bonds. The average Bonchev–Trinajstić information content (AvgIpc) is 3.09. The minimum atomic E-state index is -2.59. The van der Waals surface area contributed by atoms with Crippen LogP contribution in [0.5, 0.6) is 0 Å². The van der Waals surface area contributed by atoms with Gasteiger partial charge >= 0.3 is 35.7 Å².